The zero-order valence-corrected chi connectivity index (χ0v) is 11.2. The Bertz CT molecular complexity index is 594. The van der Waals surface area contributed by atoms with Gasteiger partial charge in [-0.3, -0.25) is 25.7 Å². The summed E-state index contributed by atoms with van der Waals surface area (Å²) in [6.45, 7) is 0.771. The summed E-state index contributed by atoms with van der Waals surface area (Å²) in [5.74, 6) is 0.592. The molecule has 18 heavy (non-hydrogen) atoms. The smallest absolute Gasteiger partial charge is 0.343 e. The standard InChI is InChI=1S/C11H12BrN5O/c12-5-4-14-7-6(5)8-11(16-10(13)15-8)2-1-3-17(11)9(7)18/h4,8,14H,1-3H2,(H3,13,15,16)/p+1/t8-,11+/m1/s1. The lowest BCUT2D eigenvalue weighted by molar-refractivity contribution is -0.515. The number of nitrogens with one attached hydrogen (secondary N) is 3. The van der Waals surface area contributed by atoms with Crippen LogP contribution in [-0.2, 0) is 0 Å². The maximum Gasteiger partial charge on any atom is 0.343 e. The van der Waals surface area contributed by atoms with E-state index in [1.165, 1.54) is 0 Å². The average Bonchev–Trinajstić information content (AvgIpc) is 2.97. The van der Waals surface area contributed by atoms with Crippen molar-refractivity contribution in [1.29, 1.82) is 0 Å². The van der Waals surface area contributed by atoms with Crippen molar-refractivity contribution in [2.45, 2.75) is 24.5 Å². The van der Waals surface area contributed by atoms with Crippen molar-refractivity contribution in [3.63, 3.8) is 0 Å². The number of aromatic nitrogens is 1. The number of carbonyl (C=O) groups excluding carboxylic acids is 1. The Labute approximate surface area is 112 Å². The molecule has 3 aliphatic rings. The van der Waals surface area contributed by atoms with Crippen molar-refractivity contribution in [2.24, 2.45) is 5.73 Å². The minimum atomic E-state index is -0.390. The molecule has 1 aromatic rings. The number of fused-ring (bicyclic) bond motifs is 2. The van der Waals surface area contributed by atoms with E-state index in [4.69, 9.17) is 5.73 Å². The van der Waals surface area contributed by atoms with Gasteiger partial charge in [-0.05, 0) is 22.4 Å². The Balaban J connectivity index is 1.99. The first-order valence-corrected chi connectivity index (χ1v) is 6.79. The highest BCUT2D eigenvalue weighted by molar-refractivity contribution is 9.10. The molecule has 6 nitrogen and oxygen atoms in total. The van der Waals surface area contributed by atoms with Crippen LogP contribution in [0.15, 0.2) is 10.7 Å². The van der Waals surface area contributed by atoms with Gasteiger partial charge in [-0.2, -0.15) is 0 Å². The summed E-state index contributed by atoms with van der Waals surface area (Å²) in [5.41, 5.74) is 7.15. The van der Waals surface area contributed by atoms with Crippen molar-refractivity contribution in [2.75, 3.05) is 6.54 Å². The van der Waals surface area contributed by atoms with Gasteiger partial charge in [0.05, 0.1) is 0 Å². The van der Waals surface area contributed by atoms with Crippen LogP contribution in [0.3, 0.4) is 0 Å². The van der Waals surface area contributed by atoms with Crippen molar-refractivity contribution in [3.05, 3.63) is 21.9 Å². The average molecular weight is 311 g/mol. The highest BCUT2D eigenvalue weighted by Gasteiger charge is 2.61. The van der Waals surface area contributed by atoms with E-state index in [-0.39, 0.29) is 17.6 Å². The second-order valence-electron chi connectivity index (χ2n) is 5.03. The molecule has 4 heterocycles. The lowest BCUT2D eigenvalue weighted by atomic mass is 9.88. The third kappa shape index (κ3) is 0.996. The molecule has 1 spiro atoms. The minimum absolute atomic E-state index is 0.00771. The molecule has 3 aliphatic heterocycles. The van der Waals surface area contributed by atoms with Gasteiger partial charge < -0.3 is 4.98 Å². The van der Waals surface area contributed by atoms with Gasteiger partial charge in [-0.25, -0.2) is 0 Å². The molecule has 7 heteroatoms. The fourth-order valence-electron chi connectivity index (χ4n) is 3.49. The first-order chi connectivity index (χ1) is 8.63. The van der Waals surface area contributed by atoms with Gasteiger partial charge in [0.1, 0.15) is 5.69 Å². The molecule has 0 saturated carbocycles. The van der Waals surface area contributed by atoms with E-state index >= 15 is 0 Å². The molecular formula is C11H13BrN5O+. The van der Waals surface area contributed by atoms with E-state index in [1.807, 2.05) is 11.1 Å². The summed E-state index contributed by atoms with van der Waals surface area (Å²) in [6, 6.07) is 0.00771. The highest BCUT2D eigenvalue weighted by Crippen LogP contribution is 2.45. The second-order valence-corrected chi connectivity index (χ2v) is 5.88. The number of halogens is 1. The number of rotatable bonds is 0. The van der Waals surface area contributed by atoms with Crippen LogP contribution in [-0.4, -0.2) is 34.0 Å². The molecular weight excluding hydrogens is 298 g/mol. The van der Waals surface area contributed by atoms with Gasteiger partial charge in [0, 0.05) is 29.2 Å². The lowest BCUT2D eigenvalue weighted by Gasteiger charge is -2.39. The number of carbonyl (C=O) groups is 1. The SMILES string of the molecule is NC1=[NH+][C@@H]2c3c(Br)c[nH]c3C(=O)N3CCC[C@@]23N1. The summed E-state index contributed by atoms with van der Waals surface area (Å²) >= 11 is 3.51. The van der Waals surface area contributed by atoms with E-state index in [1.54, 1.807) is 0 Å². The van der Waals surface area contributed by atoms with Crippen molar-refractivity contribution < 1.29 is 9.79 Å². The summed E-state index contributed by atoms with van der Waals surface area (Å²) in [7, 11) is 0. The predicted octanol–water partition coefficient (Wildman–Crippen LogP) is -1.24. The van der Waals surface area contributed by atoms with E-state index in [0.29, 0.717) is 11.7 Å². The van der Waals surface area contributed by atoms with Crippen LogP contribution in [0.1, 0.15) is 34.9 Å². The zero-order chi connectivity index (χ0) is 12.5. The molecule has 94 valence electrons. The van der Waals surface area contributed by atoms with E-state index in [0.717, 1.165) is 29.4 Å². The Morgan fingerprint density at radius 2 is 2.44 bits per heavy atom. The van der Waals surface area contributed by atoms with Crippen molar-refractivity contribution >= 4 is 27.8 Å². The van der Waals surface area contributed by atoms with Gasteiger partial charge in [0.2, 0.25) is 0 Å². The quantitative estimate of drug-likeness (QED) is 0.483. The Hall–Kier alpha value is -1.50. The molecule has 0 aliphatic carbocycles. The normalized spacial score (nSPS) is 32.7. The molecule has 5 N–H and O–H groups in total. The number of nitrogens with zero attached hydrogens (tertiary/aromatic N) is 1. The molecule has 0 bridgehead atoms. The van der Waals surface area contributed by atoms with Gasteiger partial charge >= 0.3 is 5.96 Å². The van der Waals surface area contributed by atoms with Crippen LogP contribution in [0.2, 0.25) is 0 Å². The van der Waals surface area contributed by atoms with Crippen LogP contribution in [0.4, 0.5) is 0 Å². The minimum Gasteiger partial charge on any atom is -0.356 e. The zero-order valence-electron chi connectivity index (χ0n) is 9.59. The third-order valence-electron chi connectivity index (χ3n) is 4.17. The summed E-state index contributed by atoms with van der Waals surface area (Å²) in [5, 5.41) is 3.27. The van der Waals surface area contributed by atoms with Crippen LogP contribution in [0, 0.1) is 0 Å². The van der Waals surface area contributed by atoms with Gasteiger partial charge in [0.15, 0.2) is 11.7 Å². The first-order valence-electron chi connectivity index (χ1n) is 5.99. The van der Waals surface area contributed by atoms with Gasteiger partial charge in [-0.1, -0.05) is 0 Å². The summed E-state index contributed by atoms with van der Waals surface area (Å²) in [4.78, 5) is 20.7. The lowest BCUT2D eigenvalue weighted by Crippen LogP contribution is -2.77. The maximum atomic E-state index is 12.5. The monoisotopic (exact) mass is 310 g/mol. The summed E-state index contributed by atoms with van der Waals surface area (Å²) < 4.78 is 0.922. The van der Waals surface area contributed by atoms with Gasteiger partial charge in [-0.15, -0.1) is 0 Å². The van der Waals surface area contributed by atoms with Crippen LogP contribution in [0.25, 0.3) is 0 Å². The predicted molar refractivity (Wildman–Crippen MR) is 67.5 cm³/mol. The number of amides is 1. The molecule has 0 aromatic carbocycles. The van der Waals surface area contributed by atoms with Crippen molar-refractivity contribution in [1.82, 2.24) is 15.2 Å². The molecule has 1 aromatic heterocycles. The first kappa shape index (κ1) is 10.4. The topological polar surface area (TPSA) is 88.1 Å². The van der Waals surface area contributed by atoms with E-state index in [9.17, 15) is 4.79 Å². The molecule has 1 fully saturated rings. The molecule has 0 unspecified atom stereocenters. The largest absolute Gasteiger partial charge is 0.356 e. The number of aromatic amines is 1. The number of guanidine groups is 1. The highest BCUT2D eigenvalue weighted by atomic mass is 79.9. The maximum absolute atomic E-state index is 12.5. The molecule has 1 amide bonds. The van der Waals surface area contributed by atoms with Crippen molar-refractivity contribution in [3.8, 4) is 0 Å². The van der Waals surface area contributed by atoms with Crippen LogP contribution < -0.4 is 16.0 Å². The fraction of sp³-hybridized carbons (Fsp3) is 0.455. The fourth-order valence-corrected chi connectivity index (χ4v) is 4.03. The van der Waals surface area contributed by atoms with E-state index < -0.39 is 0 Å². The molecule has 1 saturated heterocycles. The number of hydrogen-bond donors (Lipinski definition) is 4. The van der Waals surface area contributed by atoms with Crippen LogP contribution >= 0.6 is 15.9 Å². The number of H-pyrrole nitrogens is 1. The Morgan fingerprint density at radius 1 is 1.61 bits per heavy atom. The van der Waals surface area contributed by atoms with E-state index in [2.05, 4.69) is 31.2 Å². The number of hydrogen-bond acceptors (Lipinski definition) is 3. The molecule has 0 radical (unpaired) electrons. The van der Waals surface area contributed by atoms with Crippen LogP contribution in [0.5, 0.6) is 0 Å². The summed E-state index contributed by atoms with van der Waals surface area (Å²) in [6.07, 6.45) is 3.72. The Morgan fingerprint density at radius 3 is 3.28 bits per heavy atom. The second kappa shape index (κ2) is 3.09. The number of nitrogens with two attached hydrogens (primary N) is 1. The molecule has 2 atom stereocenters. The molecule has 4 rings (SSSR count). The Kier molecular flexibility index (Phi) is 1.79. The van der Waals surface area contributed by atoms with Gasteiger partial charge in [0.25, 0.3) is 5.91 Å². The third-order valence-corrected chi connectivity index (χ3v) is 4.82.